The van der Waals surface area contributed by atoms with E-state index in [-0.39, 0.29) is 5.91 Å². The van der Waals surface area contributed by atoms with Crippen LogP contribution >= 0.6 is 11.5 Å². The fraction of sp³-hybridized carbons (Fsp3) is 0.444. The van der Waals surface area contributed by atoms with Crippen molar-refractivity contribution in [3.8, 4) is 11.3 Å². The molecule has 1 aromatic carbocycles. The maximum absolute atomic E-state index is 12.6. The number of amides is 1. The number of carbonyl (C=O) groups is 1. The van der Waals surface area contributed by atoms with Gasteiger partial charge in [-0.15, -0.1) is 0 Å². The Bertz CT molecular complexity index is 633. The summed E-state index contributed by atoms with van der Waals surface area (Å²) in [7, 11) is 1.99. The van der Waals surface area contributed by atoms with Crippen molar-refractivity contribution in [3.63, 3.8) is 0 Å². The van der Waals surface area contributed by atoms with Crippen LogP contribution < -0.4 is 5.32 Å². The van der Waals surface area contributed by atoms with Crippen molar-refractivity contribution >= 4 is 17.4 Å². The molecule has 1 aliphatic rings. The minimum atomic E-state index is 0.136. The molecule has 2 heterocycles. The van der Waals surface area contributed by atoms with E-state index in [1.54, 1.807) is 0 Å². The van der Waals surface area contributed by atoms with Crippen molar-refractivity contribution in [2.75, 3.05) is 26.7 Å². The van der Waals surface area contributed by atoms with Gasteiger partial charge in [-0.1, -0.05) is 30.3 Å². The van der Waals surface area contributed by atoms with Crippen molar-refractivity contribution in [2.24, 2.45) is 5.92 Å². The Morgan fingerprint density at radius 3 is 2.74 bits per heavy atom. The van der Waals surface area contributed by atoms with E-state index in [1.165, 1.54) is 18.0 Å². The Labute approximate surface area is 141 Å². The van der Waals surface area contributed by atoms with Crippen LogP contribution in [0.5, 0.6) is 0 Å². The molecule has 3 rings (SSSR count). The smallest absolute Gasteiger partial charge is 0.265 e. The van der Waals surface area contributed by atoms with Crippen molar-refractivity contribution < 1.29 is 4.79 Å². The summed E-state index contributed by atoms with van der Waals surface area (Å²) in [5.74, 6) is 0.879. The fourth-order valence-corrected chi connectivity index (χ4v) is 3.78. The zero-order valence-corrected chi connectivity index (χ0v) is 14.3. The molecule has 5 heteroatoms. The van der Waals surface area contributed by atoms with Gasteiger partial charge in [-0.25, -0.2) is 0 Å². The van der Waals surface area contributed by atoms with Crippen LogP contribution in [-0.2, 0) is 0 Å². The first kappa shape index (κ1) is 16.1. The molecule has 23 heavy (non-hydrogen) atoms. The average molecular weight is 329 g/mol. The highest BCUT2D eigenvalue weighted by Gasteiger charge is 2.24. The van der Waals surface area contributed by atoms with Gasteiger partial charge in [0.05, 0.1) is 5.69 Å². The van der Waals surface area contributed by atoms with Gasteiger partial charge in [0.2, 0.25) is 0 Å². The number of benzene rings is 1. The van der Waals surface area contributed by atoms with Crippen molar-refractivity contribution in [2.45, 2.75) is 19.3 Å². The summed E-state index contributed by atoms with van der Waals surface area (Å²) in [5.41, 5.74) is 1.96. The number of hydrogen-bond donors (Lipinski definition) is 1. The first-order valence-electron chi connectivity index (χ1n) is 8.24. The van der Waals surface area contributed by atoms with E-state index in [2.05, 4.69) is 9.69 Å². The van der Waals surface area contributed by atoms with Crippen LogP contribution in [0.15, 0.2) is 36.4 Å². The highest BCUT2D eigenvalue weighted by atomic mass is 32.1. The topological polar surface area (TPSA) is 45.2 Å². The van der Waals surface area contributed by atoms with Crippen LogP contribution in [0.2, 0.25) is 0 Å². The third-order valence-electron chi connectivity index (χ3n) is 4.49. The summed E-state index contributed by atoms with van der Waals surface area (Å²) in [6.07, 6.45) is 3.42. The summed E-state index contributed by atoms with van der Waals surface area (Å²) in [6, 6.07) is 11.9. The zero-order chi connectivity index (χ0) is 16.1. The predicted molar refractivity (Wildman–Crippen MR) is 94.7 cm³/mol. The molecule has 1 amide bonds. The van der Waals surface area contributed by atoms with Gasteiger partial charge in [0, 0.05) is 18.7 Å². The molecule has 0 unspecified atom stereocenters. The summed E-state index contributed by atoms with van der Waals surface area (Å²) in [5, 5.41) is 3.21. The van der Waals surface area contributed by atoms with E-state index in [0.717, 1.165) is 54.5 Å². The van der Waals surface area contributed by atoms with Gasteiger partial charge in [-0.2, -0.15) is 4.37 Å². The lowest BCUT2D eigenvalue weighted by Gasteiger charge is -2.31. The number of nitrogens with one attached hydrogen (secondary N) is 1. The first-order valence-corrected chi connectivity index (χ1v) is 9.01. The molecule has 1 aromatic heterocycles. The SMILES string of the molecule is CNCCC1CCN(C(=O)c2cc(-c3ccccc3)ns2)CC1. The Kier molecular flexibility index (Phi) is 5.41. The molecule has 0 spiro atoms. The van der Waals surface area contributed by atoms with E-state index in [0.29, 0.717) is 0 Å². The fourth-order valence-electron chi connectivity index (χ4n) is 3.05. The molecule has 4 nitrogen and oxygen atoms in total. The molecule has 1 saturated heterocycles. The van der Waals surface area contributed by atoms with Crippen LogP contribution in [0.1, 0.15) is 28.9 Å². The van der Waals surface area contributed by atoms with Crippen LogP contribution in [0.3, 0.4) is 0 Å². The molecule has 2 aromatic rings. The molecule has 0 radical (unpaired) electrons. The third kappa shape index (κ3) is 3.98. The van der Waals surface area contributed by atoms with Crippen LogP contribution in [-0.4, -0.2) is 41.9 Å². The van der Waals surface area contributed by atoms with Crippen molar-refractivity contribution in [1.29, 1.82) is 0 Å². The number of likely N-dealkylation sites (tertiary alicyclic amines) is 1. The largest absolute Gasteiger partial charge is 0.338 e. The van der Waals surface area contributed by atoms with Crippen molar-refractivity contribution in [3.05, 3.63) is 41.3 Å². The molecule has 1 N–H and O–H groups in total. The van der Waals surface area contributed by atoms with E-state index in [9.17, 15) is 4.79 Å². The molecule has 1 aliphatic heterocycles. The third-order valence-corrected chi connectivity index (χ3v) is 5.27. The maximum atomic E-state index is 12.6. The van der Waals surface area contributed by atoms with Crippen LogP contribution in [0, 0.1) is 5.92 Å². The summed E-state index contributed by atoms with van der Waals surface area (Å²) >= 11 is 1.31. The van der Waals surface area contributed by atoms with Gasteiger partial charge in [0.15, 0.2) is 0 Å². The second kappa shape index (κ2) is 7.70. The van der Waals surface area contributed by atoms with Gasteiger partial charge >= 0.3 is 0 Å². The van der Waals surface area contributed by atoms with Crippen LogP contribution in [0.25, 0.3) is 11.3 Å². The predicted octanol–water partition coefficient (Wildman–Crippen LogP) is 3.27. The number of hydrogen-bond acceptors (Lipinski definition) is 4. The first-order chi connectivity index (χ1) is 11.3. The normalized spacial score (nSPS) is 15.8. The Hall–Kier alpha value is -1.72. The molecule has 0 saturated carbocycles. The van der Waals surface area contributed by atoms with Gasteiger partial charge in [-0.05, 0) is 56.4 Å². The van der Waals surface area contributed by atoms with E-state index >= 15 is 0 Å². The van der Waals surface area contributed by atoms with Gasteiger partial charge in [0.25, 0.3) is 5.91 Å². The zero-order valence-electron chi connectivity index (χ0n) is 13.5. The number of carbonyl (C=O) groups excluding carboxylic acids is 1. The summed E-state index contributed by atoms with van der Waals surface area (Å²) < 4.78 is 4.44. The molecular weight excluding hydrogens is 306 g/mol. The quantitative estimate of drug-likeness (QED) is 0.916. The number of aromatic nitrogens is 1. The maximum Gasteiger partial charge on any atom is 0.265 e. The van der Waals surface area contributed by atoms with E-state index < -0.39 is 0 Å². The highest BCUT2D eigenvalue weighted by molar-refractivity contribution is 7.08. The molecule has 0 atom stereocenters. The standard InChI is InChI=1S/C18H23N3OS/c1-19-10-7-14-8-11-21(12-9-14)18(22)17-13-16(20-23-17)15-5-3-2-4-6-15/h2-6,13-14,19H,7-12H2,1H3. The minimum absolute atomic E-state index is 0.136. The monoisotopic (exact) mass is 329 g/mol. The lowest BCUT2D eigenvalue weighted by molar-refractivity contribution is 0.0692. The Morgan fingerprint density at radius 1 is 1.30 bits per heavy atom. The van der Waals surface area contributed by atoms with E-state index in [1.807, 2.05) is 48.3 Å². The number of nitrogens with zero attached hydrogens (tertiary/aromatic N) is 2. The van der Waals surface area contributed by atoms with Gasteiger partial charge in [-0.3, -0.25) is 4.79 Å². The lowest BCUT2D eigenvalue weighted by atomic mass is 9.93. The average Bonchev–Trinajstić information content (AvgIpc) is 3.11. The molecule has 122 valence electrons. The number of piperidine rings is 1. The molecular formula is C18H23N3OS. The summed E-state index contributed by atoms with van der Waals surface area (Å²) in [4.78, 5) is 15.4. The van der Waals surface area contributed by atoms with Crippen molar-refractivity contribution in [1.82, 2.24) is 14.6 Å². The summed E-state index contributed by atoms with van der Waals surface area (Å²) in [6.45, 7) is 2.80. The van der Waals surface area contributed by atoms with E-state index in [4.69, 9.17) is 0 Å². The number of rotatable bonds is 5. The van der Waals surface area contributed by atoms with Gasteiger partial charge in [0.1, 0.15) is 4.88 Å². The molecule has 0 bridgehead atoms. The molecule has 1 fully saturated rings. The second-order valence-corrected chi connectivity index (χ2v) is 6.88. The molecule has 0 aliphatic carbocycles. The minimum Gasteiger partial charge on any atom is -0.338 e. The highest BCUT2D eigenvalue weighted by Crippen LogP contribution is 2.25. The Morgan fingerprint density at radius 2 is 2.04 bits per heavy atom. The lowest BCUT2D eigenvalue weighted by Crippen LogP contribution is -2.38. The second-order valence-electron chi connectivity index (χ2n) is 6.07. The van der Waals surface area contributed by atoms with Crippen LogP contribution in [0.4, 0.5) is 0 Å². The Balaban J connectivity index is 1.60. The van der Waals surface area contributed by atoms with Gasteiger partial charge < -0.3 is 10.2 Å².